The number of nitrogens with one attached hydrogen (secondary N) is 1. The second-order valence-electron chi connectivity index (χ2n) is 7.09. The van der Waals surface area contributed by atoms with Crippen molar-refractivity contribution in [1.29, 1.82) is 0 Å². The zero-order chi connectivity index (χ0) is 21.0. The van der Waals surface area contributed by atoms with Crippen molar-refractivity contribution in [3.63, 3.8) is 0 Å². The molecule has 1 atom stereocenters. The minimum absolute atomic E-state index is 0. The summed E-state index contributed by atoms with van der Waals surface area (Å²) in [5.74, 6) is -0.877. The van der Waals surface area contributed by atoms with Gasteiger partial charge in [0.2, 0.25) is 5.78 Å². The van der Waals surface area contributed by atoms with Crippen LogP contribution in [0.25, 0.3) is 10.9 Å². The SMILES string of the molecule is CC[C@H](OC(=O)CCCN(C)C)c1csc(C(=O)c2c[nH]c3cc(F)ccc23)n1.Cl.Cl. The van der Waals surface area contributed by atoms with Gasteiger partial charge in [-0.1, -0.05) is 6.92 Å². The predicted octanol–water partition coefficient (Wildman–Crippen LogP) is 5.17. The molecule has 0 fully saturated rings. The maximum atomic E-state index is 13.4. The van der Waals surface area contributed by atoms with Crippen LogP contribution in [0.5, 0.6) is 0 Å². The van der Waals surface area contributed by atoms with Crippen molar-refractivity contribution in [3.8, 4) is 0 Å². The number of thiazole rings is 1. The van der Waals surface area contributed by atoms with Crippen molar-refractivity contribution in [1.82, 2.24) is 14.9 Å². The first kappa shape index (κ1) is 27.0. The highest BCUT2D eigenvalue weighted by molar-refractivity contribution is 7.12. The van der Waals surface area contributed by atoms with E-state index in [4.69, 9.17) is 4.74 Å². The minimum atomic E-state index is -0.475. The van der Waals surface area contributed by atoms with Gasteiger partial charge in [0.25, 0.3) is 0 Å². The summed E-state index contributed by atoms with van der Waals surface area (Å²) in [5.41, 5.74) is 1.57. The number of H-pyrrole nitrogens is 1. The Morgan fingerprint density at radius 3 is 2.71 bits per heavy atom. The van der Waals surface area contributed by atoms with Crippen molar-refractivity contribution in [2.24, 2.45) is 0 Å². The first-order valence-corrected chi connectivity index (χ1v) is 10.4. The van der Waals surface area contributed by atoms with Crippen LogP contribution in [0, 0.1) is 5.82 Å². The molecular weight excluding hydrogens is 464 g/mol. The number of rotatable bonds is 9. The van der Waals surface area contributed by atoms with Crippen LogP contribution >= 0.6 is 36.2 Å². The van der Waals surface area contributed by atoms with Crippen LogP contribution in [0.3, 0.4) is 0 Å². The Morgan fingerprint density at radius 1 is 1.29 bits per heavy atom. The molecule has 31 heavy (non-hydrogen) atoms. The Labute approximate surface area is 197 Å². The number of ether oxygens (including phenoxy) is 1. The van der Waals surface area contributed by atoms with E-state index in [9.17, 15) is 14.0 Å². The lowest BCUT2D eigenvalue weighted by molar-refractivity contribution is -0.150. The number of aromatic nitrogens is 2. The summed E-state index contributed by atoms with van der Waals surface area (Å²) >= 11 is 1.21. The molecule has 0 radical (unpaired) electrons. The van der Waals surface area contributed by atoms with Gasteiger partial charge in [-0.05, 0) is 51.7 Å². The molecule has 0 aliphatic heterocycles. The van der Waals surface area contributed by atoms with Crippen LogP contribution in [-0.2, 0) is 9.53 Å². The first-order valence-electron chi connectivity index (χ1n) is 9.50. The molecule has 0 spiro atoms. The van der Waals surface area contributed by atoms with Crippen LogP contribution < -0.4 is 0 Å². The van der Waals surface area contributed by atoms with Gasteiger partial charge in [0, 0.05) is 28.9 Å². The highest BCUT2D eigenvalue weighted by atomic mass is 35.5. The number of nitrogens with zero attached hydrogens (tertiary/aromatic N) is 2. The van der Waals surface area contributed by atoms with E-state index in [1.54, 1.807) is 17.6 Å². The Morgan fingerprint density at radius 2 is 2.03 bits per heavy atom. The minimum Gasteiger partial charge on any atom is -0.456 e. The number of aromatic amines is 1. The average Bonchev–Trinajstić information content (AvgIpc) is 3.32. The summed E-state index contributed by atoms with van der Waals surface area (Å²) in [7, 11) is 3.91. The van der Waals surface area contributed by atoms with Crippen LogP contribution in [-0.4, -0.2) is 47.3 Å². The standard InChI is InChI=1S/C21H24FN3O3S.2ClH/c1-4-18(28-19(26)6-5-9-25(2)3)17-12-29-21(24-17)20(27)15-11-23-16-10-13(22)7-8-14(15)16;;/h7-8,10-12,18,23H,4-6,9H2,1-3H3;2*1H/t18-;;/m0../s1. The Hall–Kier alpha value is -2.00. The number of hydrogen-bond donors (Lipinski definition) is 1. The average molecular weight is 490 g/mol. The molecule has 1 aromatic carbocycles. The lowest BCUT2D eigenvalue weighted by Crippen LogP contribution is -2.16. The Kier molecular flexibility index (Phi) is 10.6. The lowest BCUT2D eigenvalue weighted by atomic mass is 10.1. The third-order valence-corrected chi connectivity index (χ3v) is 5.42. The molecular formula is C21H26Cl2FN3O3S. The second kappa shape index (κ2) is 12.1. The Balaban J connectivity index is 0.00000240. The van der Waals surface area contributed by atoms with Crippen LogP contribution in [0.1, 0.15) is 53.3 Å². The summed E-state index contributed by atoms with van der Waals surface area (Å²) in [6.45, 7) is 2.72. The summed E-state index contributed by atoms with van der Waals surface area (Å²) in [6, 6.07) is 4.25. The zero-order valence-electron chi connectivity index (χ0n) is 17.5. The first-order chi connectivity index (χ1) is 13.9. The summed E-state index contributed by atoms with van der Waals surface area (Å²) < 4.78 is 18.9. The third-order valence-electron chi connectivity index (χ3n) is 4.57. The number of halogens is 3. The van der Waals surface area contributed by atoms with E-state index in [1.165, 1.54) is 23.5 Å². The molecule has 0 saturated heterocycles. The van der Waals surface area contributed by atoms with Gasteiger partial charge in [0.1, 0.15) is 11.9 Å². The van der Waals surface area contributed by atoms with Gasteiger partial charge in [0.15, 0.2) is 5.01 Å². The van der Waals surface area contributed by atoms with E-state index in [2.05, 4.69) is 9.97 Å². The highest BCUT2D eigenvalue weighted by Gasteiger charge is 2.22. The molecule has 0 aliphatic rings. The topological polar surface area (TPSA) is 75.3 Å². The van der Waals surface area contributed by atoms with Gasteiger partial charge < -0.3 is 14.6 Å². The zero-order valence-corrected chi connectivity index (χ0v) is 20.0. The van der Waals surface area contributed by atoms with Crippen molar-refractivity contribution in [2.45, 2.75) is 32.3 Å². The highest BCUT2D eigenvalue weighted by Crippen LogP contribution is 2.27. The quantitative estimate of drug-likeness (QED) is 0.331. The van der Waals surface area contributed by atoms with Gasteiger partial charge in [0.05, 0.1) is 11.3 Å². The van der Waals surface area contributed by atoms with Gasteiger partial charge in [-0.25, -0.2) is 9.37 Å². The van der Waals surface area contributed by atoms with Crippen LogP contribution in [0.2, 0.25) is 0 Å². The summed E-state index contributed by atoms with van der Waals surface area (Å²) in [5, 5.41) is 2.71. The third kappa shape index (κ3) is 6.74. The molecule has 1 N–H and O–H groups in total. The van der Waals surface area contributed by atoms with Gasteiger partial charge in [-0.15, -0.1) is 36.2 Å². The lowest BCUT2D eigenvalue weighted by Gasteiger charge is -2.14. The molecule has 10 heteroatoms. The van der Waals surface area contributed by atoms with E-state index >= 15 is 0 Å². The molecule has 2 aromatic heterocycles. The fourth-order valence-corrected chi connectivity index (χ4v) is 3.86. The van der Waals surface area contributed by atoms with Crippen LogP contribution in [0.15, 0.2) is 29.8 Å². The monoisotopic (exact) mass is 489 g/mol. The maximum absolute atomic E-state index is 13.4. The van der Waals surface area contributed by atoms with Crippen LogP contribution in [0.4, 0.5) is 4.39 Å². The molecule has 0 saturated carbocycles. The second-order valence-corrected chi connectivity index (χ2v) is 7.95. The van der Waals surface area contributed by atoms with Crippen molar-refractivity contribution in [3.05, 3.63) is 51.9 Å². The van der Waals surface area contributed by atoms with E-state index in [0.29, 0.717) is 40.0 Å². The fraction of sp³-hybridized carbons (Fsp3) is 0.381. The van der Waals surface area contributed by atoms with Gasteiger partial charge in [-0.2, -0.15) is 0 Å². The molecule has 0 unspecified atom stereocenters. The number of hydrogen-bond acceptors (Lipinski definition) is 6. The van der Waals surface area contributed by atoms with Crippen molar-refractivity contribution >= 4 is 58.8 Å². The largest absolute Gasteiger partial charge is 0.456 e. The number of ketones is 1. The number of fused-ring (bicyclic) bond motifs is 1. The molecule has 6 nitrogen and oxygen atoms in total. The molecule has 3 aromatic rings. The number of benzene rings is 1. The normalized spacial score (nSPS) is 11.6. The van der Waals surface area contributed by atoms with E-state index in [1.807, 2.05) is 25.9 Å². The summed E-state index contributed by atoms with van der Waals surface area (Å²) in [6.07, 6.45) is 2.73. The van der Waals surface area contributed by atoms with E-state index in [0.717, 1.165) is 13.0 Å². The molecule has 170 valence electrons. The van der Waals surface area contributed by atoms with E-state index in [-0.39, 0.29) is 42.4 Å². The smallest absolute Gasteiger partial charge is 0.306 e. The fourth-order valence-electron chi connectivity index (χ4n) is 3.05. The van der Waals surface area contributed by atoms with Gasteiger partial charge >= 0.3 is 5.97 Å². The molecule has 2 heterocycles. The molecule has 0 amide bonds. The summed E-state index contributed by atoms with van der Waals surface area (Å²) in [4.78, 5) is 34.3. The predicted molar refractivity (Wildman–Crippen MR) is 125 cm³/mol. The molecule has 3 rings (SSSR count). The Bertz CT molecular complexity index is 1020. The number of carbonyl (C=O) groups is 2. The van der Waals surface area contributed by atoms with E-state index < -0.39 is 6.10 Å². The maximum Gasteiger partial charge on any atom is 0.306 e. The van der Waals surface area contributed by atoms with Crippen molar-refractivity contribution in [2.75, 3.05) is 20.6 Å². The molecule has 0 aliphatic carbocycles. The van der Waals surface area contributed by atoms with Gasteiger partial charge in [-0.3, -0.25) is 9.59 Å². The van der Waals surface area contributed by atoms with Crippen molar-refractivity contribution < 1.29 is 18.7 Å². The molecule has 0 bridgehead atoms. The number of carbonyl (C=O) groups excluding carboxylic acids is 2. The number of esters is 1.